The van der Waals surface area contributed by atoms with Gasteiger partial charge >= 0.3 is 12.1 Å². The number of carboxylic acids is 1. The zero-order valence-electron chi connectivity index (χ0n) is 16.4. The van der Waals surface area contributed by atoms with Crippen LogP contribution in [0, 0.1) is 11.8 Å². The van der Waals surface area contributed by atoms with Crippen molar-refractivity contribution in [1.82, 2.24) is 9.38 Å². The molecule has 0 fully saturated rings. The van der Waals surface area contributed by atoms with Gasteiger partial charge in [0.25, 0.3) is 0 Å². The van der Waals surface area contributed by atoms with E-state index in [4.69, 9.17) is 4.74 Å². The number of rotatable bonds is 4. The minimum atomic E-state index is -4.46. The highest BCUT2D eigenvalue weighted by molar-refractivity contribution is 5.90. The van der Waals surface area contributed by atoms with Gasteiger partial charge in [-0.05, 0) is 48.4 Å². The summed E-state index contributed by atoms with van der Waals surface area (Å²) in [6.07, 6.45) is -2.73. The molecule has 0 saturated carbocycles. The molecule has 2 aromatic heterocycles. The van der Waals surface area contributed by atoms with Crippen molar-refractivity contribution in [3.63, 3.8) is 0 Å². The summed E-state index contributed by atoms with van der Waals surface area (Å²) in [5.74, 6) is 4.70. The van der Waals surface area contributed by atoms with Crippen LogP contribution in [0.15, 0.2) is 72.9 Å². The summed E-state index contributed by atoms with van der Waals surface area (Å²) >= 11 is 0. The summed E-state index contributed by atoms with van der Waals surface area (Å²) < 4.78 is 46.3. The van der Waals surface area contributed by atoms with Crippen LogP contribution < -0.4 is 4.74 Å². The molecule has 2 heterocycles. The molecular weight excluding hydrogens is 421 g/mol. The third-order valence-corrected chi connectivity index (χ3v) is 4.60. The molecule has 0 atom stereocenters. The first-order chi connectivity index (χ1) is 15.3. The Kier molecular flexibility index (Phi) is 5.56. The Balaban J connectivity index is 1.70. The maximum atomic E-state index is 13.0. The summed E-state index contributed by atoms with van der Waals surface area (Å²) in [5.41, 5.74) is 0.866. The van der Waals surface area contributed by atoms with Gasteiger partial charge in [-0.1, -0.05) is 30.2 Å². The van der Waals surface area contributed by atoms with Crippen molar-refractivity contribution in [1.29, 1.82) is 0 Å². The van der Waals surface area contributed by atoms with E-state index in [9.17, 15) is 23.1 Å². The topological polar surface area (TPSA) is 63.8 Å². The molecule has 0 unspecified atom stereocenters. The molecule has 0 amide bonds. The highest BCUT2D eigenvalue weighted by Crippen LogP contribution is 2.29. The second-order valence-electron chi connectivity index (χ2n) is 6.75. The van der Waals surface area contributed by atoms with Crippen molar-refractivity contribution in [3.8, 4) is 17.6 Å². The van der Waals surface area contributed by atoms with Crippen LogP contribution in [0.25, 0.3) is 5.65 Å². The average Bonchev–Trinajstić information content (AvgIpc) is 3.13. The second-order valence-corrected chi connectivity index (χ2v) is 6.75. The van der Waals surface area contributed by atoms with Gasteiger partial charge in [-0.15, -0.1) is 0 Å². The van der Waals surface area contributed by atoms with Crippen LogP contribution in [-0.2, 0) is 12.8 Å². The summed E-state index contributed by atoms with van der Waals surface area (Å²) in [4.78, 5) is 15.9. The highest BCUT2D eigenvalue weighted by atomic mass is 19.4. The molecule has 8 heteroatoms. The number of aromatic nitrogens is 2. The Hall–Kier alpha value is -4.25. The lowest BCUT2D eigenvalue weighted by Crippen LogP contribution is -2.05. The maximum Gasteiger partial charge on any atom is 0.416 e. The average molecular weight is 436 g/mol. The predicted molar refractivity (Wildman–Crippen MR) is 110 cm³/mol. The van der Waals surface area contributed by atoms with E-state index in [-0.39, 0.29) is 23.5 Å². The fraction of sp³-hybridized carbons (Fsp3) is 0.0833. The number of ether oxygens (including phenoxy) is 1. The molecule has 1 N–H and O–H groups in total. The lowest BCUT2D eigenvalue weighted by Gasteiger charge is -2.08. The molecule has 4 aromatic rings. The van der Waals surface area contributed by atoms with Crippen LogP contribution in [0.3, 0.4) is 0 Å². The molecule has 0 radical (unpaired) electrons. The molecule has 0 spiro atoms. The van der Waals surface area contributed by atoms with Crippen LogP contribution in [0.5, 0.6) is 5.75 Å². The minimum absolute atomic E-state index is 0.00728. The lowest BCUT2D eigenvalue weighted by molar-refractivity contribution is -0.137. The molecule has 2 aromatic carbocycles. The summed E-state index contributed by atoms with van der Waals surface area (Å²) in [7, 11) is 0. The van der Waals surface area contributed by atoms with Gasteiger partial charge in [0, 0.05) is 11.8 Å². The Morgan fingerprint density at radius 3 is 2.59 bits per heavy atom. The first-order valence-electron chi connectivity index (χ1n) is 9.43. The Labute approximate surface area is 180 Å². The minimum Gasteiger partial charge on any atom is -0.486 e. The van der Waals surface area contributed by atoms with E-state index in [1.54, 1.807) is 40.9 Å². The smallest absolute Gasteiger partial charge is 0.416 e. The first kappa shape index (κ1) is 21.0. The van der Waals surface area contributed by atoms with E-state index in [1.807, 2.05) is 0 Å². The number of para-hydroxylation sites is 1. The maximum absolute atomic E-state index is 13.0. The summed E-state index contributed by atoms with van der Waals surface area (Å²) in [6, 6.07) is 16.3. The number of carboxylic acid groups (broad SMARTS) is 1. The van der Waals surface area contributed by atoms with Gasteiger partial charge in [0.1, 0.15) is 35.0 Å². The number of aromatic carboxylic acids is 1. The fourth-order valence-corrected chi connectivity index (χ4v) is 3.10. The van der Waals surface area contributed by atoms with E-state index in [0.29, 0.717) is 17.0 Å². The molecular formula is C24H15F3N2O3. The SMILES string of the molecule is O=C(O)c1ccccc1OCc1nc2ccccn2c1C#Cc1cccc(C(F)(F)F)c1. The number of nitrogens with zero attached hydrogens (tertiary/aromatic N) is 2. The van der Waals surface area contributed by atoms with Gasteiger partial charge in [-0.3, -0.25) is 4.40 Å². The number of halogens is 3. The van der Waals surface area contributed by atoms with E-state index in [2.05, 4.69) is 16.8 Å². The number of alkyl halides is 3. The van der Waals surface area contributed by atoms with Crippen molar-refractivity contribution in [2.24, 2.45) is 0 Å². The standard InChI is InChI=1S/C24H15F3N2O3/c25-24(26,27)17-7-5-6-16(14-17)11-12-20-19(28-22-10-3-4-13-29(20)22)15-32-21-9-2-1-8-18(21)23(30)31/h1-10,13-14H,15H2,(H,30,31). The number of hydrogen-bond acceptors (Lipinski definition) is 3. The largest absolute Gasteiger partial charge is 0.486 e. The normalized spacial score (nSPS) is 11.1. The number of hydrogen-bond donors (Lipinski definition) is 1. The molecule has 4 rings (SSSR count). The van der Waals surface area contributed by atoms with Crippen molar-refractivity contribution in [3.05, 3.63) is 101 Å². The molecule has 160 valence electrons. The number of fused-ring (bicyclic) bond motifs is 1. The van der Waals surface area contributed by atoms with Crippen molar-refractivity contribution in [2.75, 3.05) is 0 Å². The van der Waals surface area contributed by atoms with Crippen molar-refractivity contribution in [2.45, 2.75) is 12.8 Å². The van der Waals surface area contributed by atoms with Crippen LogP contribution in [0.4, 0.5) is 13.2 Å². The van der Waals surface area contributed by atoms with Crippen LogP contribution in [-0.4, -0.2) is 20.5 Å². The number of carbonyl (C=O) groups is 1. The van der Waals surface area contributed by atoms with Gasteiger partial charge < -0.3 is 9.84 Å². The van der Waals surface area contributed by atoms with Gasteiger partial charge in [0.2, 0.25) is 0 Å². The molecule has 0 bridgehead atoms. The fourth-order valence-electron chi connectivity index (χ4n) is 3.10. The molecule has 0 aliphatic carbocycles. The number of pyridine rings is 1. The quantitative estimate of drug-likeness (QED) is 0.456. The molecule has 0 saturated heterocycles. The zero-order valence-corrected chi connectivity index (χ0v) is 16.4. The van der Waals surface area contributed by atoms with Gasteiger partial charge in [0.05, 0.1) is 5.56 Å². The number of benzene rings is 2. The van der Waals surface area contributed by atoms with E-state index < -0.39 is 17.7 Å². The molecule has 0 aliphatic heterocycles. The van der Waals surface area contributed by atoms with Gasteiger partial charge in [-0.2, -0.15) is 13.2 Å². The molecule has 32 heavy (non-hydrogen) atoms. The molecule has 0 aliphatic rings. The van der Waals surface area contributed by atoms with E-state index in [0.717, 1.165) is 12.1 Å². The summed E-state index contributed by atoms with van der Waals surface area (Å²) in [6.45, 7) is -0.0709. The van der Waals surface area contributed by atoms with Crippen LogP contribution in [0.1, 0.15) is 32.9 Å². The Morgan fingerprint density at radius 2 is 1.81 bits per heavy atom. The lowest BCUT2D eigenvalue weighted by atomic mass is 10.1. The first-order valence-corrected chi connectivity index (χ1v) is 9.43. The van der Waals surface area contributed by atoms with Gasteiger partial charge in [0.15, 0.2) is 0 Å². The second kappa shape index (κ2) is 8.47. The third kappa shape index (κ3) is 4.42. The van der Waals surface area contributed by atoms with E-state index >= 15 is 0 Å². The van der Waals surface area contributed by atoms with E-state index in [1.165, 1.54) is 24.3 Å². The van der Waals surface area contributed by atoms with Gasteiger partial charge in [-0.25, -0.2) is 9.78 Å². The predicted octanol–water partition coefficient (Wildman–Crippen LogP) is 5.03. The highest BCUT2D eigenvalue weighted by Gasteiger charge is 2.30. The number of imidazole rings is 1. The van der Waals surface area contributed by atoms with Crippen molar-refractivity contribution >= 4 is 11.6 Å². The Bertz CT molecular complexity index is 1360. The van der Waals surface area contributed by atoms with Crippen LogP contribution >= 0.6 is 0 Å². The third-order valence-electron chi connectivity index (χ3n) is 4.60. The van der Waals surface area contributed by atoms with Crippen molar-refractivity contribution < 1.29 is 27.8 Å². The summed E-state index contributed by atoms with van der Waals surface area (Å²) in [5, 5.41) is 9.32. The zero-order chi connectivity index (χ0) is 22.7. The molecule has 5 nitrogen and oxygen atoms in total. The monoisotopic (exact) mass is 436 g/mol. The Morgan fingerprint density at radius 1 is 1.03 bits per heavy atom. The van der Waals surface area contributed by atoms with Crippen LogP contribution in [0.2, 0.25) is 0 Å².